The van der Waals surface area contributed by atoms with Crippen molar-refractivity contribution >= 4 is 43.1 Å². The van der Waals surface area contributed by atoms with Crippen LogP contribution >= 0.6 is 0 Å². The van der Waals surface area contributed by atoms with E-state index in [2.05, 4.69) is 246 Å². The van der Waals surface area contributed by atoms with Gasteiger partial charge in [0.15, 0.2) is 0 Å². The van der Waals surface area contributed by atoms with E-state index in [0.29, 0.717) is 11.8 Å². The molecule has 0 spiro atoms. The zero-order chi connectivity index (χ0) is 46.8. The molecule has 0 atom stereocenters. The third-order valence-electron chi connectivity index (χ3n) is 15.6. The molecule has 14 rings (SSSR count). The van der Waals surface area contributed by atoms with Crippen molar-refractivity contribution in [2.24, 2.45) is 0 Å². The third kappa shape index (κ3) is 5.71. The van der Waals surface area contributed by atoms with E-state index in [1.807, 2.05) is 0 Å². The SMILES string of the molecule is CC(C)c1c2c(c(C(C)C)c3ccccc13)-c1ccc(-c3ccc4c5c(cccc35)-c3c-4c(-c4ccccc4)c4c(-c5ccccc5)ccc(-c5ccccc5)c4c3-c3ccccc3)c3cccc-2c13. The van der Waals surface area contributed by atoms with E-state index >= 15 is 0 Å². The molecule has 0 nitrogen and oxygen atoms in total. The van der Waals surface area contributed by atoms with Crippen LogP contribution in [-0.4, -0.2) is 0 Å². The molecule has 12 aromatic rings. The molecule has 0 radical (unpaired) electrons. The lowest BCUT2D eigenvalue weighted by molar-refractivity contribution is 0.864. The average Bonchev–Trinajstić information content (AvgIpc) is 3.92. The van der Waals surface area contributed by atoms with Crippen molar-refractivity contribution in [3.63, 3.8) is 0 Å². The highest BCUT2D eigenvalue weighted by Gasteiger charge is 2.35. The van der Waals surface area contributed by atoms with Gasteiger partial charge >= 0.3 is 0 Å². The van der Waals surface area contributed by atoms with Gasteiger partial charge in [0.05, 0.1) is 0 Å². The van der Waals surface area contributed by atoms with E-state index < -0.39 is 0 Å². The van der Waals surface area contributed by atoms with Gasteiger partial charge in [-0.05, 0) is 166 Å². The Morgan fingerprint density at radius 1 is 0.200 bits per heavy atom. The Kier molecular flexibility index (Phi) is 9.08. The molecule has 0 bridgehead atoms. The average molecular weight is 891 g/mol. The van der Waals surface area contributed by atoms with Crippen molar-refractivity contribution < 1.29 is 0 Å². The summed E-state index contributed by atoms with van der Waals surface area (Å²) in [5.41, 5.74) is 26.2. The number of hydrogen-bond donors (Lipinski definition) is 0. The summed E-state index contributed by atoms with van der Waals surface area (Å²) in [6, 6.07) is 82.3. The van der Waals surface area contributed by atoms with Gasteiger partial charge in [-0.2, -0.15) is 0 Å². The molecule has 0 N–H and O–H groups in total. The minimum Gasteiger partial charge on any atom is -0.0622 e. The lowest BCUT2D eigenvalue weighted by atomic mass is 9.78. The molecule has 0 fully saturated rings. The summed E-state index contributed by atoms with van der Waals surface area (Å²) in [5, 5.41) is 10.6. The molecule has 0 aromatic heterocycles. The third-order valence-corrected chi connectivity index (χ3v) is 15.6. The summed E-state index contributed by atoms with van der Waals surface area (Å²) >= 11 is 0. The summed E-state index contributed by atoms with van der Waals surface area (Å²) in [5.74, 6) is 0.737. The van der Waals surface area contributed by atoms with Crippen LogP contribution in [-0.2, 0) is 0 Å². The molecular weight excluding hydrogens is 841 g/mol. The molecule has 0 saturated heterocycles. The minimum absolute atomic E-state index is 0.368. The first kappa shape index (κ1) is 40.7. The maximum Gasteiger partial charge on any atom is -0.000718 e. The van der Waals surface area contributed by atoms with Gasteiger partial charge < -0.3 is 0 Å². The van der Waals surface area contributed by atoms with Crippen LogP contribution in [0.2, 0.25) is 0 Å². The second kappa shape index (κ2) is 15.6. The summed E-state index contributed by atoms with van der Waals surface area (Å²) in [6.45, 7) is 9.49. The number of benzene rings is 12. The first-order chi connectivity index (χ1) is 34.5. The summed E-state index contributed by atoms with van der Waals surface area (Å²) in [4.78, 5) is 0. The highest BCUT2D eigenvalue weighted by Crippen LogP contribution is 2.62. The van der Waals surface area contributed by atoms with Gasteiger partial charge in [0.1, 0.15) is 0 Å². The van der Waals surface area contributed by atoms with Crippen molar-refractivity contribution in [2.45, 2.75) is 39.5 Å². The Balaban J connectivity index is 1.11. The van der Waals surface area contributed by atoms with Crippen molar-refractivity contribution in [1.29, 1.82) is 0 Å². The van der Waals surface area contributed by atoms with Gasteiger partial charge in [-0.25, -0.2) is 0 Å². The molecule has 0 aliphatic heterocycles. The lowest BCUT2D eigenvalue weighted by Crippen LogP contribution is -2.01. The monoisotopic (exact) mass is 890 g/mol. The second-order valence-electron chi connectivity index (χ2n) is 20.1. The van der Waals surface area contributed by atoms with Crippen molar-refractivity contribution in [2.75, 3.05) is 0 Å². The highest BCUT2D eigenvalue weighted by atomic mass is 14.4. The predicted molar refractivity (Wildman–Crippen MR) is 301 cm³/mol. The molecule has 2 aliphatic rings. The quantitative estimate of drug-likeness (QED) is 0.150. The summed E-state index contributed by atoms with van der Waals surface area (Å²) < 4.78 is 0. The van der Waals surface area contributed by atoms with E-state index in [4.69, 9.17) is 0 Å². The fourth-order valence-electron chi connectivity index (χ4n) is 13.0. The van der Waals surface area contributed by atoms with Gasteiger partial charge in [-0.1, -0.05) is 246 Å². The van der Waals surface area contributed by atoms with Gasteiger partial charge in [0.25, 0.3) is 0 Å². The molecule has 0 unspecified atom stereocenters. The Morgan fingerprint density at radius 3 is 0.900 bits per heavy atom. The number of rotatable bonds is 7. The zero-order valence-electron chi connectivity index (χ0n) is 39.9. The Labute approximate surface area is 410 Å². The van der Waals surface area contributed by atoms with E-state index in [-0.39, 0.29) is 0 Å². The fourth-order valence-corrected chi connectivity index (χ4v) is 13.0. The Morgan fingerprint density at radius 2 is 0.500 bits per heavy atom. The Bertz CT molecular complexity index is 3920. The predicted octanol–water partition coefficient (Wildman–Crippen LogP) is 20.2. The molecule has 0 amide bonds. The molecule has 70 heavy (non-hydrogen) atoms. The van der Waals surface area contributed by atoms with Gasteiger partial charge in [0.2, 0.25) is 0 Å². The molecule has 0 saturated carbocycles. The van der Waals surface area contributed by atoms with Crippen LogP contribution in [0.15, 0.2) is 218 Å². The van der Waals surface area contributed by atoms with Crippen molar-refractivity contribution in [3.05, 3.63) is 230 Å². The van der Waals surface area contributed by atoms with Crippen LogP contribution in [0.4, 0.5) is 0 Å². The molecule has 0 heteroatoms. The molecule has 0 heterocycles. The van der Waals surface area contributed by atoms with Gasteiger partial charge in [-0.3, -0.25) is 0 Å². The molecular formula is C70H50. The van der Waals surface area contributed by atoms with Gasteiger partial charge in [0, 0.05) is 0 Å². The van der Waals surface area contributed by atoms with Crippen LogP contribution in [0.3, 0.4) is 0 Å². The normalized spacial score (nSPS) is 12.3. The topological polar surface area (TPSA) is 0 Å². The molecule has 330 valence electrons. The smallest absolute Gasteiger partial charge is 0.000718 e. The van der Waals surface area contributed by atoms with E-state index in [1.54, 1.807) is 0 Å². The first-order valence-electron chi connectivity index (χ1n) is 25.1. The zero-order valence-corrected chi connectivity index (χ0v) is 39.9. The largest absolute Gasteiger partial charge is 0.0622 e. The van der Waals surface area contributed by atoms with E-state index in [0.717, 1.165) is 0 Å². The standard InChI is InChI=1S/C70H50/c1-41(2)59-53-29-17-18-30-54(53)60(42(3)4)68-57-39-37-49(51-31-19-33-55(63(51)57)67(59)68)50-38-40-58-64-52(50)32-20-34-56(64)69-61(45-25-13-7-14-26-45)65-47(43-21-9-5-10-22-43)35-36-48(44-23-11-6-12-24-44)66(65)62(70(58)69)46-27-15-8-16-28-46/h5-42H,1-4H3. The van der Waals surface area contributed by atoms with Crippen molar-refractivity contribution in [1.82, 2.24) is 0 Å². The minimum atomic E-state index is 0.368. The van der Waals surface area contributed by atoms with Crippen LogP contribution in [0.5, 0.6) is 0 Å². The highest BCUT2D eigenvalue weighted by molar-refractivity contribution is 6.33. The first-order valence-corrected chi connectivity index (χ1v) is 25.1. The maximum atomic E-state index is 2.46. The van der Waals surface area contributed by atoms with Crippen LogP contribution in [0.1, 0.15) is 50.7 Å². The summed E-state index contributed by atoms with van der Waals surface area (Å²) in [6.07, 6.45) is 0. The van der Waals surface area contributed by atoms with Crippen LogP contribution in [0.25, 0.3) is 143 Å². The number of fused-ring (bicyclic) bond motifs is 8. The van der Waals surface area contributed by atoms with Crippen LogP contribution in [0, 0.1) is 0 Å². The van der Waals surface area contributed by atoms with Crippen molar-refractivity contribution in [3.8, 4) is 100 Å². The summed E-state index contributed by atoms with van der Waals surface area (Å²) in [7, 11) is 0. The van der Waals surface area contributed by atoms with E-state index in [9.17, 15) is 0 Å². The number of hydrogen-bond acceptors (Lipinski definition) is 0. The second-order valence-corrected chi connectivity index (χ2v) is 20.1. The molecule has 2 aliphatic carbocycles. The maximum absolute atomic E-state index is 2.46. The van der Waals surface area contributed by atoms with Crippen LogP contribution < -0.4 is 0 Å². The lowest BCUT2D eigenvalue weighted by Gasteiger charge is -2.25. The fraction of sp³-hybridized carbons (Fsp3) is 0.0857. The molecule has 12 aromatic carbocycles. The van der Waals surface area contributed by atoms with E-state index in [1.165, 1.54) is 154 Å². The Hall–Kier alpha value is -8.32. The van der Waals surface area contributed by atoms with Gasteiger partial charge in [-0.15, -0.1) is 0 Å².